The van der Waals surface area contributed by atoms with Crippen molar-refractivity contribution in [2.24, 2.45) is 0 Å². The smallest absolute Gasteiger partial charge is 0.343 e. The molecule has 0 aliphatic rings. The van der Waals surface area contributed by atoms with E-state index in [1.165, 1.54) is 18.2 Å². The van der Waals surface area contributed by atoms with Gasteiger partial charge < -0.3 is 14.8 Å². The molecule has 0 heterocycles. The van der Waals surface area contributed by atoms with Crippen molar-refractivity contribution >= 4 is 27.8 Å². The molecule has 3 rings (SSSR count). The van der Waals surface area contributed by atoms with Crippen LogP contribution in [0.5, 0.6) is 11.5 Å². The monoisotopic (exact) mass is 513 g/mol. The Hall–Kier alpha value is -3.86. The average molecular weight is 514 g/mol. The third-order valence-electron chi connectivity index (χ3n) is 4.58. The molecule has 10 heteroatoms. The lowest BCUT2D eigenvalue weighted by molar-refractivity contribution is 0.0682. The van der Waals surface area contributed by atoms with Gasteiger partial charge in [0.15, 0.2) is 17.3 Å². The van der Waals surface area contributed by atoms with E-state index in [1.807, 2.05) is 13.8 Å². The van der Waals surface area contributed by atoms with E-state index < -0.39 is 22.1 Å². The number of likely N-dealkylation sites (N-methyl/N-ethyl adjacent to an activating group) is 1. The van der Waals surface area contributed by atoms with Crippen LogP contribution in [0.3, 0.4) is 0 Å². The van der Waals surface area contributed by atoms with Crippen LogP contribution in [-0.2, 0) is 10.1 Å². The molecular weight excluding hydrogens is 486 g/mol. The van der Waals surface area contributed by atoms with Gasteiger partial charge in [-0.1, -0.05) is 35.4 Å². The second kappa shape index (κ2) is 12.7. The Kier molecular flexibility index (Phi) is 10.0. The first kappa shape index (κ1) is 28.4. The molecule has 2 N–H and O–H groups in total. The number of hydrogen-bond donors (Lipinski definition) is 2. The fraction of sp³-hybridized carbons (Fsp3) is 0.192. The maximum atomic E-state index is 12.6. The standard InChI is InChI=1S/C25H23NO5.CH4O3S/c1-16-4-8-18(9-5-16)24(28)30-22-13-12-20(21(27)15-26-3)14-23(22)31-25(29)19-10-6-17(2)7-11-19;1-5(2,3)4/h4-14,26H,15H2,1-3H3;1H3,(H,2,3,4). The Balaban J connectivity index is 0.000000830. The first-order chi connectivity index (χ1) is 16.9. The second-order valence-electron chi connectivity index (χ2n) is 7.86. The summed E-state index contributed by atoms with van der Waals surface area (Å²) >= 11 is 0. The third-order valence-corrected chi connectivity index (χ3v) is 4.58. The van der Waals surface area contributed by atoms with Crippen LogP contribution >= 0.6 is 0 Å². The zero-order valence-electron chi connectivity index (χ0n) is 20.3. The van der Waals surface area contributed by atoms with Crippen LogP contribution in [0.25, 0.3) is 0 Å². The highest BCUT2D eigenvalue weighted by Gasteiger charge is 2.18. The first-order valence-corrected chi connectivity index (χ1v) is 12.5. The van der Waals surface area contributed by atoms with E-state index in [9.17, 15) is 22.8 Å². The van der Waals surface area contributed by atoms with Crippen LogP contribution in [-0.4, -0.2) is 50.5 Å². The molecule has 3 aromatic rings. The molecular formula is C26H27NO8S. The van der Waals surface area contributed by atoms with E-state index in [0.29, 0.717) is 22.9 Å². The van der Waals surface area contributed by atoms with Crippen molar-refractivity contribution in [3.05, 3.63) is 94.5 Å². The number of esters is 2. The Labute approximate surface area is 209 Å². The summed E-state index contributed by atoms with van der Waals surface area (Å²) in [6, 6.07) is 18.2. The maximum absolute atomic E-state index is 12.6. The highest BCUT2D eigenvalue weighted by molar-refractivity contribution is 7.85. The molecule has 0 aliphatic heterocycles. The summed E-state index contributed by atoms with van der Waals surface area (Å²) < 4.78 is 36.9. The predicted molar refractivity (Wildman–Crippen MR) is 134 cm³/mol. The Morgan fingerprint density at radius 1 is 0.750 bits per heavy atom. The lowest BCUT2D eigenvalue weighted by Crippen LogP contribution is -2.19. The highest BCUT2D eigenvalue weighted by Crippen LogP contribution is 2.30. The molecule has 0 saturated heterocycles. The molecule has 0 spiro atoms. The molecule has 0 aliphatic carbocycles. The number of hydrogen-bond acceptors (Lipinski definition) is 8. The van der Waals surface area contributed by atoms with Crippen LogP contribution < -0.4 is 14.8 Å². The zero-order valence-corrected chi connectivity index (χ0v) is 21.1. The minimum absolute atomic E-state index is 0.00649. The van der Waals surface area contributed by atoms with E-state index in [4.69, 9.17) is 14.0 Å². The van der Waals surface area contributed by atoms with Crippen molar-refractivity contribution in [1.29, 1.82) is 0 Å². The van der Waals surface area contributed by atoms with Gasteiger partial charge in [-0.15, -0.1) is 0 Å². The Morgan fingerprint density at radius 2 is 1.14 bits per heavy atom. The van der Waals surface area contributed by atoms with Crippen molar-refractivity contribution in [1.82, 2.24) is 5.32 Å². The Bertz CT molecular complexity index is 1320. The third kappa shape index (κ3) is 9.41. The van der Waals surface area contributed by atoms with E-state index >= 15 is 0 Å². The van der Waals surface area contributed by atoms with Crippen LogP contribution in [0, 0.1) is 13.8 Å². The number of nitrogens with one attached hydrogen (secondary N) is 1. The largest absolute Gasteiger partial charge is 0.419 e. The second-order valence-corrected chi connectivity index (χ2v) is 9.33. The number of benzene rings is 3. The molecule has 36 heavy (non-hydrogen) atoms. The van der Waals surface area contributed by atoms with Gasteiger partial charge in [0.1, 0.15) is 0 Å². The van der Waals surface area contributed by atoms with Gasteiger partial charge in [-0.3, -0.25) is 9.35 Å². The molecule has 3 aromatic carbocycles. The average Bonchev–Trinajstić information content (AvgIpc) is 2.80. The quantitative estimate of drug-likeness (QED) is 0.210. The SMILES string of the molecule is CNCC(=O)c1ccc(OC(=O)c2ccc(C)cc2)c(OC(=O)c2ccc(C)cc2)c1.CS(=O)(=O)O. The number of Topliss-reactive ketones (excluding diaryl/α,β-unsaturated/α-hetero) is 1. The van der Waals surface area contributed by atoms with Crippen molar-refractivity contribution in [3.8, 4) is 11.5 Å². The molecule has 0 bridgehead atoms. The first-order valence-electron chi connectivity index (χ1n) is 10.7. The zero-order chi connectivity index (χ0) is 26.9. The van der Waals surface area contributed by atoms with E-state index in [2.05, 4.69) is 5.32 Å². The normalized spacial score (nSPS) is 10.6. The van der Waals surface area contributed by atoms with Gasteiger partial charge in [0, 0.05) is 5.56 Å². The number of ketones is 1. The van der Waals surface area contributed by atoms with E-state index in [-0.39, 0.29) is 23.8 Å². The molecule has 0 atom stereocenters. The number of carbonyl (C=O) groups excluding carboxylic acids is 3. The molecule has 0 radical (unpaired) electrons. The van der Waals surface area contributed by atoms with Crippen LogP contribution in [0.2, 0.25) is 0 Å². The molecule has 0 fully saturated rings. The van der Waals surface area contributed by atoms with Crippen LogP contribution in [0.15, 0.2) is 66.7 Å². The van der Waals surface area contributed by atoms with Crippen molar-refractivity contribution in [3.63, 3.8) is 0 Å². The fourth-order valence-electron chi connectivity index (χ4n) is 2.81. The van der Waals surface area contributed by atoms with Crippen molar-refractivity contribution in [2.45, 2.75) is 13.8 Å². The minimum atomic E-state index is -3.67. The molecule has 0 saturated carbocycles. The molecule has 0 amide bonds. The highest BCUT2D eigenvalue weighted by atomic mass is 32.2. The van der Waals surface area contributed by atoms with Gasteiger partial charge in [0.2, 0.25) is 0 Å². The summed E-state index contributed by atoms with van der Waals surface area (Å²) in [4.78, 5) is 37.4. The fourth-order valence-corrected chi connectivity index (χ4v) is 2.81. The number of rotatable bonds is 7. The number of ether oxygens (including phenoxy) is 2. The molecule has 9 nitrogen and oxygen atoms in total. The van der Waals surface area contributed by atoms with Gasteiger partial charge in [-0.05, 0) is 63.4 Å². The summed E-state index contributed by atoms with van der Waals surface area (Å²) in [6.07, 6.45) is 0.715. The predicted octanol–water partition coefficient (Wildman–Crippen LogP) is 3.65. The van der Waals surface area contributed by atoms with Gasteiger partial charge >= 0.3 is 11.9 Å². The topological polar surface area (TPSA) is 136 Å². The van der Waals surface area contributed by atoms with Gasteiger partial charge in [-0.2, -0.15) is 8.42 Å². The lowest BCUT2D eigenvalue weighted by atomic mass is 10.1. The maximum Gasteiger partial charge on any atom is 0.343 e. The van der Waals surface area contributed by atoms with Gasteiger partial charge in [-0.25, -0.2) is 9.59 Å². The van der Waals surface area contributed by atoms with Gasteiger partial charge in [0.25, 0.3) is 10.1 Å². The van der Waals surface area contributed by atoms with E-state index in [0.717, 1.165) is 11.1 Å². The lowest BCUT2D eigenvalue weighted by Gasteiger charge is -2.12. The van der Waals surface area contributed by atoms with Crippen LogP contribution in [0.4, 0.5) is 0 Å². The number of aryl methyl sites for hydroxylation is 2. The molecule has 0 unspecified atom stereocenters. The molecule has 0 aromatic heterocycles. The van der Waals surface area contributed by atoms with Crippen molar-refractivity contribution in [2.75, 3.05) is 19.8 Å². The molecule has 190 valence electrons. The van der Waals surface area contributed by atoms with Crippen LogP contribution in [0.1, 0.15) is 42.2 Å². The van der Waals surface area contributed by atoms with Gasteiger partial charge in [0.05, 0.1) is 23.9 Å². The van der Waals surface area contributed by atoms with E-state index in [1.54, 1.807) is 55.6 Å². The van der Waals surface area contributed by atoms with Crippen molar-refractivity contribution < 1.29 is 36.8 Å². The summed E-state index contributed by atoms with van der Waals surface area (Å²) in [5, 5.41) is 2.79. The minimum Gasteiger partial charge on any atom is -0.419 e. The summed E-state index contributed by atoms with van der Waals surface area (Å²) in [6.45, 7) is 3.95. The summed E-state index contributed by atoms with van der Waals surface area (Å²) in [7, 11) is -2.01. The Morgan fingerprint density at radius 3 is 1.56 bits per heavy atom. The number of carbonyl (C=O) groups is 3. The summed E-state index contributed by atoms with van der Waals surface area (Å²) in [5.74, 6) is -1.36. The summed E-state index contributed by atoms with van der Waals surface area (Å²) in [5.41, 5.74) is 3.04.